The molecule has 2 aliphatic rings. The average molecular weight is 369 g/mol. The van der Waals surface area contributed by atoms with E-state index >= 15 is 0 Å². The minimum Gasteiger partial charge on any atom is -0.398 e. The van der Waals surface area contributed by atoms with Crippen LogP contribution in [0.2, 0.25) is 0 Å². The fourth-order valence-corrected chi connectivity index (χ4v) is 4.82. The Morgan fingerprint density at radius 2 is 2.08 bits per heavy atom. The molecule has 2 fully saturated rings. The monoisotopic (exact) mass is 369 g/mol. The smallest absolute Gasteiger partial charge is 0.270 e. The first-order valence-corrected chi connectivity index (χ1v) is 9.82. The number of carbonyl (C=O) groups excluding carboxylic acids is 1. The number of nitrogens with two attached hydrogens (primary N) is 1. The van der Waals surface area contributed by atoms with E-state index in [9.17, 15) is 4.79 Å². The van der Waals surface area contributed by atoms with Crippen LogP contribution in [-0.2, 0) is 4.79 Å². The van der Waals surface area contributed by atoms with Crippen LogP contribution in [-0.4, -0.2) is 46.7 Å². The largest absolute Gasteiger partial charge is 0.398 e. The summed E-state index contributed by atoms with van der Waals surface area (Å²) in [6.45, 7) is 0. The minimum atomic E-state index is -0.345. The topological polar surface area (TPSA) is 95.1 Å². The van der Waals surface area contributed by atoms with E-state index in [-0.39, 0.29) is 17.7 Å². The summed E-state index contributed by atoms with van der Waals surface area (Å²) < 4.78 is 0. The lowest BCUT2D eigenvalue weighted by molar-refractivity contribution is -0.115. The highest BCUT2D eigenvalue weighted by Crippen LogP contribution is 2.34. The maximum Gasteiger partial charge on any atom is 0.270 e. The molecule has 1 aromatic heterocycles. The Morgan fingerprint density at radius 3 is 2.73 bits per heavy atom. The van der Waals surface area contributed by atoms with Gasteiger partial charge in [0.1, 0.15) is 10.7 Å². The van der Waals surface area contributed by atoms with E-state index in [0.29, 0.717) is 23.3 Å². The lowest BCUT2D eigenvalue weighted by Gasteiger charge is -2.36. The molecule has 1 amide bonds. The lowest BCUT2D eigenvalue weighted by Crippen LogP contribution is -2.50. The summed E-state index contributed by atoms with van der Waals surface area (Å²) in [5, 5.41) is 14.2. The maximum atomic E-state index is 12.7. The number of amides is 1. The predicted molar refractivity (Wildman–Crippen MR) is 105 cm³/mol. The molecule has 4 rings (SSSR count). The third-order valence-electron chi connectivity index (χ3n) is 5.66. The first kappa shape index (κ1) is 17.2. The fraction of sp³-hybridized carbons (Fsp3) is 0.421. The number of piperidine rings is 1. The normalized spacial score (nSPS) is 25.2. The number of carbonyl (C=O) groups is 1. The van der Waals surface area contributed by atoms with Crippen LogP contribution in [0.5, 0.6) is 0 Å². The number of nitrogens with one attached hydrogen (secondary N) is 2. The second-order valence-corrected chi connectivity index (χ2v) is 8.10. The number of anilines is 1. The van der Waals surface area contributed by atoms with Crippen molar-refractivity contribution in [2.45, 2.75) is 43.8 Å². The summed E-state index contributed by atoms with van der Waals surface area (Å²) in [5.41, 5.74) is 7.74. The Morgan fingerprint density at radius 1 is 1.35 bits per heavy atom. The summed E-state index contributed by atoms with van der Waals surface area (Å²) in [5.74, 6) is -0.345. The van der Waals surface area contributed by atoms with Gasteiger partial charge in [0.05, 0.1) is 0 Å². The highest BCUT2D eigenvalue weighted by Gasteiger charge is 2.39. The SMILES string of the molecule is CN1C2CCC1CC(NC(=O)C(=N)c1cc(-c3nccs3)ccc1N)C2. The van der Waals surface area contributed by atoms with Crippen LogP contribution in [0.1, 0.15) is 31.2 Å². The molecular weight excluding hydrogens is 346 g/mol. The van der Waals surface area contributed by atoms with E-state index < -0.39 is 0 Å². The van der Waals surface area contributed by atoms with Crippen molar-refractivity contribution in [3.05, 3.63) is 35.3 Å². The molecule has 2 atom stereocenters. The summed E-state index contributed by atoms with van der Waals surface area (Å²) in [7, 11) is 2.17. The number of nitrogens with zero attached hydrogens (tertiary/aromatic N) is 2. The highest BCUT2D eigenvalue weighted by molar-refractivity contribution is 7.13. The van der Waals surface area contributed by atoms with Crippen LogP contribution in [0, 0.1) is 5.41 Å². The maximum absolute atomic E-state index is 12.7. The van der Waals surface area contributed by atoms with Gasteiger partial charge >= 0.3 is 0 Å². The van der Waals surface area contributed by atoms with Crippen LogP contribution in [0.3, 0.4) is 0 Å². The molecule has 6 nitrogen and oxygen atoms in total. The number of thiazole rings is 1. The van der Waals surface area contributed by atoms with E-state index in [0.717, 1.165) is 23.4 Å². The van der Waals surface area contributed by atoms with Crippen molar-refractivity contribution >= 4 is 28.6 Å². The Bertz CT molecular complexity index is 820. The summed E-state index contributed by atoms with van der Waals surface area (Å²) in [4.78, 5) is 19.4. The molecule has 0 radical (unpaired) electrons. The van der Waals surface area contributed by atoms with Crippen LogP contribution in [0.25, 0.3) is 10.6 Å². The molecule has 2 bridgehead atoms. The van der Waals surface area contributed by atoms with Gasteiger partial charge < -0.3 is 16.0 Å². The number of hydrogen-bond acceptors (Lipinski definition) is 6. The van der Waals surface area contributed by atoms with Crippen LogP contribution in [0.15, 0.2) is 29.8 Å². The van der Waals surface area contributed by atoms with Gasteiger partial charge in [-0.25, -0.2) is 4.98 Å². The van der Waals surface area contributed by atoms with Crippen LogP contribution in [0.4, 0.5) is 5.69 Å². The molecule has 2 aromatic rings. The first-order valence-electron chi connectivity index (χ1n) is 8.94. The molecule has 2 aliphatic heterocycles. The second-order valence-electron chi connectivity index (χ2n) is 7.21. The molecule has 7 heteroatoms. The van der Waals surface area contributed by atoms with Gasteiger partial charge in [-0.2, -0.15) is 0 Å². The van der Waals surface area contributed by atoms with Crippen molar-refractivity contribution < 1.29 is 4.79 Å². The van der Waals surface area contributed by atoms with E-state index in [1.165, 1.54) is 24.2 Å². The molecule has 0 aliphatic carbocycles. The predicted octanol–water partition coefficient (Wildman–Crippen LogP) is 2.50. The first-order chi connectivity index (χ1) is 12.5. The van der Waals surface area contributed by atoms with Crippen molar-refractivity contribution in [2.75, 3.05) is 12.8 Å². The van der Waals surface area contributed by atoms with Crippen molar-refractivity contribution in [3.8, 4) is 10.6 Å². The van der Waals surface area contributed by atoms with Gasteiger partial charge in [0.25, 0.3) is 5.91 Å². The Kier molecular flexibility index (Phi) is 4.50. The standard InChI is InChI=1S/C19H23N5OS/c1-24-13-3-4-14(24)10-12(9-13)23-18(25)17(21)15-8-11(2-5-16(15)20)19-22-6-7-26-19/h2,5-8,12-14,21H,3-4,9-10,20H2,1H3,(H,23,25). The van der Waals surface area contributed by atoms with Crippen molar-refractivity contribution in [2.24, 2.45) is 0 Å². The van der Waals surface area contributed by atoms with Gasteiger partial charge in [0.15, 0.2) is 0 Å². The summed E-state index contributed by atoms with van der Waals surface area (Å²) in [6, 6.07) is 6.63. The molecule has 26 heavy (non-hydrogen) atoms. The van der Waals surface area contributed by atoms with Gasteiger partial charge in [-0.15, -0.1) is 11.3 Å². The molecule has 4 N–H and O–H groups in total. The number of hydrogen-bond donors (Lipinski definition) is 3. The van der Waals surface area contributed by atoms with E-state index in [4.69, 9.17) is 11.1 Å². The molecule has 136 valence electrons. The molecule has 2 unspecified atom stereocenters. The zero-order chi connectivity index (χ0) is 18.3. The van der Waals surface area contributed by atoms with E-state index in [2.05, 4.69) is 22.2 Å². The van der Waals surface area contributed by atoms with Crippen LogP contribution < -0.4 is 11.1 Å². The van der Waals surface area contributed by atoms with Crippen molar-refractivity contribution in [1.82, 2.24) is 15.2 Å². The number of aromatic nitrogens is 1. The summed E-state index contributed by atoms with van der Waals surface area (Å²) in [6.07, 6.45) is 6.06. The van der Waals surface area contributed by atoms with Crippen molar-refractivity contribution in [3.63, 3.8) is 0 Å². The molecule has 3 heterocycles. The van der Waals surface area contributed by atoms with Gasteiger partial charge in [-0.05, 0) is 50.9 Å². The van der Waals surface area contributed by atoms with E-state index in [1.807, 2.05) is 11.4 Å². The average Bonchev–Trinajstić information content (AvgIpc) is 3.22. The quantitative estimate of drug-likeness (QED) is 0.570. The Hall–Kier alpha value is -2.25. The van der Waals surface area contributed by atoms with Gasteiger partial charge in [-0.3, -0.25) is 10.2 Å². The summed E-state index contributed by atoms with van der Waals surface area (Å²) >= 11 is 1.52. The highest BCUT2D eigenvalue weighted by atomic mass is 32.1. The minimum absolute atomic E-state index is 0.0767. The number of rotatable bonds is 4. The van der Waals surface area contributed by atoms with E-state index in [1.54, 1.807) is 18.3 Å². The Labute approximate surface area is 156 Å². The van der Waals surface area contributed by atoms with Gasteiger partial charge in [0, 0.05) is 46.5 Å². The zero-order valence-electron chi connectivity index (χ0n) is 14.7. The molecule has 0 saturated carbocycles. The number of nitrogen functional groups attached to an aromatic ring is 1. The number of fused-ring (bicyclic) bond motifs is 2. The lowest BCUT2D eigenvalue weighted by atomic mass is 9.97. The van der Waals surface area contributed by atoms with Gasteiger partial charge in [0.2, 0.25) is 0 Å². The number of benzene rings is 1. The molecule has 0 spiro atoms. The third-order valence-corrected chi connectivity index (χ3v) is 6.48. The molecule has 1 aromatic carbocycles. The van der Waals surface area contributed by atoms with Crippen molar-refractivity contribution in [1.29, 1.82) is 5.41 Å². The van der Waals surface area contributed by atoms with Gasteiger partial charge in [-0.1, -0.05) is 0 Å². The fourth-order valence-electron chi connectivity index (χ4n) is 4.18. The third kappa shape index (κ3) is 3.12. The van der Waals surface area contributed by atoms with Crippen LogP contribution >= 0.6 is 11.3 Å². The molecular formula is C19H23N5OS. The Balaban J connectivity index is 1.49. The second kappa shape index (κ2) is 6.81. The zero-order valence-corrected chi connectivity index (χ0v) is 15.6. The molecule has 2 saturated heterocycles.